The molecule has 2 aromatic carbocycles. The van der Waals surface area contributed by atoms with Gasteiger partial charge in [-0.2, -0.15) is 0 Å². The summed E-state index contributed by atoms with van der Waals surface area (Å²) in [6.45, 7) is 0. The van der Waals surface area contributed by atoms with Crippen molar-refractivity contribution in [1.82, 2.24) is 0 Å². The average Bonchev–Trinajstić information content (AvgIpc) is 2.82. The Kier molecular flexibility index (Phi) is 2.32. The van der Waals surface area contributed by atoms with Crippen LogP contribution in [0.15, 0.2) is 36.4 Å². The molecule has 3 rings (SSSR count). The van der Waals surface area contributed by atoms with Crippen molar-refractivity contribution in [2.75, 3.05) is 0 Å². The van der Waals surface area contributed by atoms with Gasteiger partial charge in [0.25, 0.3) is 0 Å². The summed E-state index contributed by atoms with van der Waals surface area (Å²) in [6, 6.07) is 12.2. The molecule has 1 nitrogen and oxygen atoms in total. The molecule has 1 saturated carbocycles. The zero-order chi connectivity index (χ0) is 11.0. The summed E-state index contributed by atoms with van der Waals surface area (Å²) < 4.78 is 0. The van der Waals surface area contributed by atoms with Gasteiger partial charge in [-0.15, -0.1) is 0 Å². The molecule has 1 aliphatic rings. The number of fused-ring (bicyclic) bond motifs is 1. The summed E-state index contributed by atoms with van der Waals surface area (Å²) in [5, 5.41) is 11.8. The maximum atomic E-state index is 9.41. The highest BCUT2D eigenvalue weighted by Crippen LogP contribution is 2.35. The van der Waals surface area contributed by atoms with Crippen LogP contribution in [0.25, 0.3) is 10.8 Å². The molecule has 0 aromatic heterocycles. The van der Waals surface area contributed by atoms with Gasteiger partial charge in [0, 0.05) is 0 Å². The van der Waals surface area contributed by atoms with E-state index in [1.807, 2.05) is 12.1 Å². The Morgan fingerprint density at radius 2 is 1.56 bits per heavy atom. The summed E-state index contributed by atoms with van der Waals surface area (Å²) in [7, 11) is 0. The van der Waals surface area contributed by atoms with E-state index in [2.05, 4.69) is 18.2 Å². The summed E-state index contributed by atoms with van der Waals surface area (Å²) in [6.07, 6.45) is 5.42. The summed E-state index contributed by atoms with van der Waals surface area (Å²) in [5.74, 6) is 1.11. The van der Waals surface area contributed by atoms with Crippen LogP contribution in [-0.4, -0.2) is 5.11 Å². The van der Waals surface area contributed by atoms with Crippen LogP contribution in [0.2, 0.25) is 0 Å². The van der Waals surface area contributed by atoms with Crippen molar-refractivity contribution in [2.45, 2.75) is 31.6 Å². The predicted octanol–water partition coefficient (Wildman–Crippen LogP) is 4.20. The first kappa shape index (κ1) is 9.71. The molecule has 1 heteroatoms. The molecule has 0 atom stereocenters. The Morgan fingerprint density at radius 3 is 2.38 bits per heavy atom. The third-order valence-corrected chi connectivity index (χ3v) is 3.67. The maximum absolute atomic E-state index is 9.41. The number of benzene rings is 2. The van der Waals surface area contributed by atoms with Crippen molar-refractivity contribution in [1.29, 1.82) is 0 Å². The molecule has 1 N–H and O–H groups in total. The van der Waals surface area contributed by atoms with Crippen LogP contribution >= 0.6 is 0 Å². The second kappa shape index (κ2) is 3.82. The Labute approximate surface area is 95.7 Å². The zero-order valence-electron chi connectivity index (χ0n) is 9.32. The highest BCUT2D eigenvalue weighted by Gasteiger charge is 2.16. The molecule has 0 heterocycles. The fourth-order valence-corrected chi connectivity index (χ4v) is 2.76. The quantitative estimate of drug-likeness (QED) is 0.751. The SMILES string of the molecule is Oc1ccc2cc(C3CCCC3)ccc2c1. The lowest BCUT2D eigenvalue weighted by Gasteiger charge is -2.10. The molecule has 1 fully saturated rings. The number of hydrogen-bond acceptors (Lipinski definition) is 1. The molecule has 16 heavy (non-hydrogen) atoms. The van der Waals surface area contributed by atoms with Crippen LogP contribution in [0.4, 0.5) is 0 Å². The van der Waals surface area contributed by atoms with Gasteiger partial charge in [0.05, 0.1) is 0 Å². The van der Waals surface area contributed by atoms with E-state index >= 15 is 0 Å². The van der Waals surface area contributed by atoms with E-state index in [-0.39, 0.29) is 0 Å². The van der Waals surface area contributed by atoms with Crippen molar-refractivity contribution in [3.63, 3.8) is 0 Å². The number of rotatable bonds is 1. The molecule has 0 saturated heterocycles. The molecular weight excluding hydrogens is 196 g/mol. The highest BCUT2D eigenvalue weighted by molar-refractivity contribution is 5.84. The minimum Gasteiger partial charge on any atom is -0.508 e. The van der Waals surface area contributed by atoms with Gasteiger partial charge in [-0.1, -0.05) is 37.1 Å². The predicted molar refractivity (Wildman–Crippen MR) is 66.8 cm³/mol. The number of phenolic OH excluding ortho intramolecular Hbond substituents is 1. The largest absolute Gasteiger partial charge is 0.508 e. The lowest BCUT2D eigenvalue weighted by atomic mass is 9.95. The van der Waals surface area contributed by atoms with E-state index in [1.54, 1.807) is 6.07 Å². The van der Waals surface area contributed by atoms with Gasteiger partial charge in [-0.3, -0.25) is 0 Å². The Morgan fingerprint density at radius 1 is 0.875 bits per heavy atom. The van der Waals surface area contributed by atoms with Gasteiger partial charge in [-0.05, 0) is 47.2 Å². The van der Waals surface area contributed by atoms with E-state index in [1.165, 1.54) is 36.6 Å². The Bertz CT molecular complexity index is 510. The monoisotopic (exact) mass is 212 g/mol. The number of phenols is 1. The fourth-order valence-electron chi connectivity index (χ4n) is 2.76. The molecule has 0 unspecified atom stereocenters. The van der Waals surface area contributed by atoms with Crippen molar-refractivity contribution in [3.05, 3.63) is 42.0 Å². The molecule has 0 aliphatic heterocycles. The normalized spacial score (nSPS) is 17.0. The fraction of sp³-hybridized carbons (Fsp3) is 0.333. The molecule has 0 amide bonds. The smallest absolute Gasteiger partial charge is 0.116 e. The van der Waals surface area contributed by atoms with Crippen molar-refractivity contribution < 1.29 is 5.11 Å². The molecule has 82 valence electrons. The van der Waals surface area contributed by atoms with Crippen molar-refractivity contribution >= 4 is 10.8 Å². The van der Waals surface area contributed by atoms with Gasteiger partial charge in [-0.25, -0.2) is 0 Å². The minimum atomic E-state index is 0.348. The maximum Gasteiger partial charge on any atom is 0.116 e. The van der Waals surface area contributed by atoms with Gasteiger partial charge >= 0.3 is 0 Å². The van der Waals surface area contributed by atoms with E-state index in [4.69, 9.17) is 0 Å². The van der Waals surface area contributed by atoms with E-state index in [9.17, 15) is 5.11 Å². The lowest BCUT2D eigenvalue weighted by Crippen LogP contribution is -1.91. The van der Waals surface area contributed by atoms with E-state index < -0.39 is 0 Å². The minimum absolute atomic E-state index is 0.348. The van der Waals surface area contributed by atoms with E-state index in [0.29, 0.717) is 5.75 Å². The average molecular weight is 212 g/mol. The second-order valence-electron chi connectivity index (χ2n) is 4.77. The molecule has 0 radical (unpaired) electrons. The molecule has 0 bridgehead atoms. The topological polar surface area (TPSA) is 20.2 Å². The first-order valence-electron chi connectivity index (χ1n) is 6.05. The van der Waals surface area contributed by atoms with Crippen molar-refractivity contribution in [3.8, 4) is 5.75 Å². The van der Waals surface area contributed by atoms with E-state index in [0.717, 1.165) is 11.3 Å². The molecule has 0 spiro atoms. The summed E-state index contributed by atoms with van der Waals surface area (Å²) >= 11 is 0. The van der Waals surface area contributed by atoms with Gasteiger partial charge in [0.2, 0.25) is 0 Å². The Hall–Kier alpha value is -1.50. The number of hydrogen-bond donors (Lipinski definition) is 1. The Balaban J connectivity index is 2.05. The number of aromatic hydroxyl groups is 1. The molecular formula is C15H16O. The molecule has 1 aliphatic carbocycles. The standard InChI is InChI=1S/C15H16O/c16-15-8-7-13-9-12(5-6-14(13)10-15)11-3-1-2-4-11/h5-11,16H,1-4H2. The van der Waals surface area contributed by atoms with Crippen LogP contribution < -0.4 is 0 Å². The van der Waals surface area contributed by atoms with Gasteiger partial charge < -0.3 is 5.11 Å². The highest BCUT2D eigenvalue weighted by atomic mass is 16.3. The second-order valence-corrected chi connectivity index (χ2v) is 4.77. The summed E-state index contributed by atoms with van der Waals surface area (Å²) in [5.41, 5.74) is 1.47. The first-order valence-corrected chi connectivity index (χ1v) is 6.05. The van der Waals surface area contributed by atoms with Crippen LogP contribution in [0, 0.1) is 0 Å². The zero-order valence-corrected chi connectivity index (χ0v) is 9.32. The first-order chi connectivity index (χ1) is 7.83. The van der Waals surface area contributed by atoms with Crippen LogP contribution in [0.5, 0.6) is 5.75 Å². The molecule has 2 aromatic rings. The van der Waals surface area contributed by atoms with Crippen LogP contribution in [-0.2, 0) is 0 Å². The lowest BCUT2D eigenvalue weighted by molar-refractivity contribution is 0.476. The van der Waals surface area contributed by atoms with Crippen LogP contribution in [0.3, 0.4) is 0 Å². The van der Waals surface area contributed by atoms with Gasteiger partial charge in [0.1, 0.15) is 5.75 Å². The van der Waals surface area contributed by atoms with Crippen LogP contribution in [0.1, 0.15) is 37.2 Å². The third kappa shape index (κ3) is 1.67. The van der Waals surface area contributed by atoms with Gasteiger partial charge in [0.15, 0.2) is 0 Å². The summed E-state index contributed by atoms with van der Waals surface area (Å²) in [4.78, 5) is 0. The van der Waals surface area contributed by atoms with Crippen molar-refractivity contribution in [2.24, 2.45) is 0 Å². The third-order valence-electron chi connectivity index (χ3n) is 3.67.